The quantitative estimate of drug-likeness (QED) is 0.165. The molecule has 0 saturated carbocycles. The third-order valence-electron chi connectivity index (χ3n) is 3.44. The second-order valence-electron chi connectivity index (χ2n) is 5.76. The van der Waals surface area contributed by atoms with Gasteiger partial charge in [-0.2, -0.15) is 0 Å². The Bertz CT molecular complexity index is 505. The smallest absolute Gasteiger partial charge is 0.328 e. The summed E-state index contributed by atoms with van der Waals surface area (Å²) >= 11 is 0. The molecular formula is C22H32O3. The lowest BCUT2D eigenvalue weighted by atomic mass is 10.1. The summed E-state index contributed by atoms with van der Waals surface area (Å²) in [4.78, 5) is 10.3. The highest BCUT2D eigenvalue weighted by Crippen LogP contribution is 2.08. The molecule has 0 radical (unpaired) electrons. The first kappa shape index (κ1) is 22.7. The van der Waals surface area contributed by atoms with Crippen LogP contribution in [0.5, 0.6) is 0 Å². The Morgan fingerprint density at radius 2 is 1.28 bits per heavy atom. The number of rotatable bonds is 14. The number of unbranched alkanes of at least 4 members (excludes halogenated alkanes) is 7. The van der Waals surface area contributed by atoms with E-state index in [2.05, 4.69) is 19.1 Å². The lowest BCUT2D eigenvalue weighted by Crippen LogP contribution is -1.86. The molecule has 0 saturated heterocycles. The number of hydrogen-bond acceptors (Lipinski definition) is 2. The lowest BCUT2D eigenvalue weighted by Gasteiger charge is -1.98. The van der Waals surface area contributed by atoms with E-state index >= 15 is 0 Å². The molecule has 0 aliphatic heterocycles. The molecule has 0 aromatic carbocycles. The summed E-state index contributed by atoms with van der Waals surface area (Å²) in [6.07, 6.45) is 29.3. The zero-order chi connectivity index (χ0) is 18.6. The minimum absolute atomic E-state index is 0.101. The number of aliphatic hydroxyl groups is 1. The zero-order valence-corrected chi connectivity index (χ0v) is 15.3. The first-order chi connectivity index (χ1) is 12.2. The van der Waals surface area contributed by atoms with Crippen LogP contribution in [-0.4, -0.2) is 16.2 Å². The Morgan fingerprint density at radius 1 is 0.720 bits per heavy atom. The number of aliphatic carboxylic acids is 1. The minimum Gasteiger partial charge on any atom is -0.508 e. The van der Waals surface area contributed by atoms with Crippen molar-refractivity contribution in [2.75, 3.05) is 0 Å². The van der Waals surface area contributed by atoms with Gasteiger partial charge in [0.15, 0.2) is 0 Å². The van der Waals surface area contributed by atoms with E-state index in [0.717, 1.165) is 18.6 Å². The first-order valence-corrected chi connectivity index (χ1v) is 9.13. The number of allylic oxidation sites excluding steroid dienone is 10. The maximum Gasteiger partial charge on any atom is 0.328 e. The molecule has 0 bridgehead atoms. The van der Waals surface area contributed by atoms with Gasteiger partial charge >= 0.3 is 5.97 Å². The second-order valence-corrected chi connectivity index (χ2v) is 5.76. The summed E-state index contributed by atoms with van der Waals surface area (Å²) in [6, 6.07) is 0. The molecule has 3 nitrogen and oxygen atoms in total. The van der Waals surface area contributed by atoms with Crippen molar-refractivity contribution in [2.24, 2.45) is 0 Å². The molecule has 0 aliphatic carbocycles. The van der Waals surface area contributed by atoms with Gasteiger partial charge in [-0.05, 0) is 25.0 Å². The van der Waals surface area contributed by atoms with Crippen LogP contribution in [0.3, 0.4) is 0 Å². The predicted molar refractivity (Wildman–Crippen MR) is 107 cm³/mol. The van der Waals surface area contributed by atoms with Gasteiger partial charge in [-0.3, -0.25) is 0 Å². The molecule has 0 rings (SSSR count). The number of hydrogen-bond donors (Lipinski definition) is 2. The van der Waals surface area contributed by atoms with Crippen molar-refractivity contribution in [3.8, 4) is 0 Å². The predicted octanol–water partition coefficient (Wildman–Crippen LogP) is 6.43. The Balaban J connectivity index is 3.72. The highest BCUT2D eigenvalue weighted by Gasteiger charge is 1.89. The zero-order valence-electron chi connectivity index (χ0n) is 15.3. The molecule has 0 aromatic heterocycles. The average Bonchev–Trinajstić information content (AvgIpc) is 2.59. The molecule has 0 spiro atoms. The third kappa shape index (κ3) is 19.7. The lowest BCUT2D eigenvalue weighted by molar-refractivity contribution is -0.131. The molecule has 0 aliphatic rings. The van der Waals surface area contributed by atoms with Gasteiger partial charge in [0.1, 0.15) is 5.76 Å². The summed E-state index contributed by atoms with van der Waals surface area (Å²) in [5, 5.41) is 17.7. The van der Waals surface area contributed by atoms with Crippen molar-refractivity contribution >= 4 is 5.97 Å². The fourth-order valence-corrected chi connectivity index (χ4v) is 2.08. The summed E-state index contributed by atoms with van der Waals surface area (Å²) in [5.74, 6) is -1.19. The van der Waals surface area contributed by atoms with Crippen LogP contribution < -0.4 is 0 Å². The average molecular weight is 344 g/mol. The summed E-state index contributed by atoms with van der Waals surface area (Å²) in [5.41, 5.74) is 0. The number of carboxylic acids is 1. The molecule has 0 atom stereocenters. The van der Waals surface area contributed by atoms with Crippen molar-refractivity contribution < 1.29 is 15.0 Å². The number of carbonyl (C=O) groups is 1. The van der Waals surface area contributed by atoms with E-state index < -0.39 is 5.97 Å². The van der Waals surface area contributed by atoms with Crippen LogP contribution in [0.15, 0.2) is 72.6 Å². The van der Waals surface area contributed by atoms with E-state index in [1.165, 1.54) is 51.0 Å². The molecule has 0 amide bonds. The van der Waals surface area contributed by atoms with Crippen LogP contribution in [-0.2, 0) is 4.79 Å². The molecular weight excluding hydrogens is 312 g/mol. The van der Waals surface area contributed by atoms with Gasteiger partial charge in [0.25, 0.3) is 0 Å². The molecule has 2 N–H and O–H groups in total. The SMILES string of the molecule is CCCCCCCCC/C=C/C=C/C=C/C=C/C=C(O)/C=C/C(=O)O. The van der Waals surface area contributed by atoms with Gasteiger partial charge in [0.2, 0.25) is 0 Å². The van der Waals surface area contributed by atoms with E-state index in [9.17, 15) is 9.90 Å². The van der Waals surface area contributed by atoms with Crippen LogP contribution in [0, 0.1) is 0 Å². The molecule has 0 unspecified atom stereocenters. The molecule has 3 heteroatoms. The molecule has 25 heavy (non-hydrogen) atoms. The van der Waals surface area contributed by atoms with Gasteiger partial charge in [-0.1, -0.05) is 94.1 Å². The van der Waals surface area contributed by atoms with E-state index in [4.69, 9.17) is 5.11 Å². The van der Waals surface area contributed by atoms with E-state index in [1.807, 2.05) is 24.3 Å². The largest absolute Gasteiger partial charge is 0.508 e. The van der Waals surface area contributed by atoms with Crippen molar-refractivity contribution in [1.82, 2.24) is 0 Å². The monoisotopic (exact) mass is 344 g/mol. The normalized spacial score (nSPS) is 13.4. The van der Waals surface area contributed by atoms with Crippen LogP contribution in [0.4, 0.5) is 0 Å². The van der Waals surface area contributed by atoms with Crippen molar-refractivity contribution in [1.29, 1.82) is 0 Å². The van der Waals surface area contributed by atoms with Crippen molar-refractivity contribution in [3.05, 3.63) is 72.6 Å². The van der Waals surface area contributed by atoms with Gasteiger partial charge in [0.05, 0.1) is 0 Å². The Morgan fingerprint density at radius 3 is 1.92 bits per heavy atom. The number of carboxylic acid groups (broad SMARTS) is 1. The van der Waals surface area contributed by atoms with Crippen LogP contribution in [0.1, 0.15) is 58.3 Å². The fourth-order valence-electron chi connectivity index (χ4n) is 2.08. The second kappa shape index (κ2) is 18.1. The van der Waals surface area contributed by atoms with E-state index in [-0.39, 0.29) is 5.76 Å². The van der Waals surface area contributed by atoms with Gasteiger partial charge in [-0.25, -0.2) is 4.79 Å². The van der Waals surface area contributed by atoms with Gasteiger partial charge in [-0.15, -0.1) is 0 Å². The summed E-state index contributed by atoms with van der Waals surface area (Å²) in [7, 11) is 0. The third-order valence-corrected chi connectivity index (χ3v) is 3.44. The van der Waals surface area contributed by atoms with Crippen LogP contribution >= 0.6 is 0 Å². The molecule has 138 valence electrons. The van der Waals surface area contributed by atoms with Gasteiger partial charge in [0, 0.05) is 6.08 Å². The number of aliphatic hydroxyl groups excluding tert-OH is 1. The maximum absolute atomic E-state index is 10.3. The highest BCUT2D eigenvalue weighted by atomic mass is 16.4. The Kier molecular flexibility index (Phi) is 16.4. The van der Waals surface area contributed by atoms with Crippen molar-refractivity contribution in [3.63, 3.8) is 0 Å². The molecule has 0 aromatic rings. The topological polar surface area (TPSA) is 57.5 Å². The van der Waals surface area contributed by atoms with Gasteiger partial charge < -0.3 is 10.2 Å². The van der Waals surface area contributed by atoms with Crippen LogP contribution in [0.2, 0.25) is 0 Å². The highest BCUT2D eigenvalue weighted by molar-refractivity contribution is 5.80. The van der Waals surface area contributed by atoms with E-state index in [1.54, 1.807) is 12.2 Å². The Labute approximate surface area is 152 Å². The maximum atomic E-state index is 10.3. The fraction of sp³-hybridized carbons (Fsp3) is 0.409. The standard InChI is InChI=1S/C22H32O3/c1-2-3-4-5-6-7-8-9-10-11-12-13-14-15-16-17-18-21(23)19-20-22(24)25/h10-20,23H,2-9H2,1H3,(H,24,25)/b11-10+,13-12+,15-14+,17-16+,20-19+,21-18-. The minimum atomic E-state index is -1.09. The summed E-state index contributed by atoms with van der Waals surface area (Å²) in [6.45, 7) is 2.24. The first-order valence-electron chi connectivity index (χ1n) is 9.13. The van der Waals surface area contributed by atoms with Crippen LogP contribution in [0.25, 0.3) is 0 Å². The van der Waals surface area contributed by atoms with Crippen molar-refractivity contribution in [2.45, 2.75) is 58.3 Å². The molecule has 0 fully saturated rings. The molecule has 0 heterocycles. The summed E-state index contributed by atoms with van der Waals surface area (Å²) < 4.78 is 0. The Hall–Kier alpha value is -2.29. The van der Waals surface area contributed by atoms with E-state index in [0.29, 0.717) is 0 Å².